The highest BCUT2D eigenvalue weighted by Crippen LogP contribution is 2.10. The first-order valence-electron chi connectivity index (χ1n) is 6.31. The largest absolute Gasteiger partial charge is 0.292 e. The molecule has 0 aromatic heterocycles. The topological polar surface area (TPSA) is 41.3 Å². The zero-order valence-corrected chi connectivity index (χ0v) is 11.2. The van der Waals surface area contributed by atoms with E-state index in [1.165, 1.54) is 11.1 Å². The molecule has 0 radical (unpaired) electrons. The number of hydrazine groups is 1. The lowest BCUT2D eigenvalue weighted by molar-refractivity contribution is 0.313. The zero-order valence-electron chi connectivity index (χ0n) is 11.2. The van der Waals surface area contributed by atoms with Crippen molar-refractivity contribution in [3.05, 3.63) is 35.4 Å². The molecule has 0 amide bonds. The summed E-state index contributed by atoms with van der Waals surface area (Å²) in [5.41, 5.74) is 5.48. The Morgan fingerprint density at radius 3 is 2.29 bits per heavy atom. The molecule has 0 spiro atoms. The second kappa shape index (κ2) is 7.43. The first-order valence-corrected chi connectivity index (χ1v) is 6.31. The quantitative estimate of drug-likeness (QED) is 0.430. The maximum Gasteiger partial charge on any atom is 0.0610 e. The lowest BCUT2D eigenvalue weighted by Crippen LogP contribution is -2.36. The normalized spacial score (nSPS) is 11.4. The summed E-state index contributed by atoms with van der Waals surface area (Å²) < 4.78 is 0. The number of nitrogens with two attached hydrogens (primary N) is 1. The van der Waals surface area contributed by atoms with Crippen LogP contribution in [-0.4, -0.2) is 25.2 Å². The van der Waals surface area contributed by atoms with Crippen LogP contribution in [0.1, 0.15) is 25.0 Å². The molecule has 0 heterocycles. The molecule has 0 atom stereocenters. The van der Waals surface area contributed by atoms with Gasteiger partial charge in [0.05, 0.1) is 6.67 Å². The maximum absolute atomic E-state index is 5.27. The van der Waals surface area contributed by atoms with E-state index in [-0.39, 0.29) is 0 Å². The molecular formula is C14H25N3. The highest BCUT2D eigenvalue weighted by atomic mass is 15.3. The van der Waals surface area contributed by atoms with Crippen molar-refractivity contribution in [1.29, 1.82) is 0 Å². The second-order valence-corrected chi connectivity index (χ2v) is 5.11. The minimum Gasteiger partial charge on any atom is -0.292 e. The number of nitrogens with zero attached hydrogens (tertiary/aromatic N) is 1. The lowest BCUT2D eigenvalue weighted by Gasteiger charge is -2.15. The van der Waals surface area contributed by atoms with Crippen molar-refractivity contribution in [1.82, 2.24) is 10.3 Å². The average molecular weight is 235 g/mol. The average Bonchev–Trinajstić information content (AvgIpc) is 2.28. The number of nitrogens with one attached hydrogen (secondary N) is 1. The first kappa shape index (κ1) is 14.2. The van der Waals surface area contributed by atoms with Crippen molar-refractivity contribution >= 4 is 0 Å². The summed E-state index contributed by atoms with van der Waals surface area (Å²) in [5.74, 6) is 6.00. The predicted molar refractivity (Wildman–Crippen MR) is 73.5 cm³/mol. The van der Waals surface area contributed by atoms with E-state index >= 15 is 0 Å². The highest BCUT2D eigenvalue weighted by molar-refractivity contribution is 5.23. The molecule has 0 unspecified atom stereocenters. The van der Waals surface area contributed by atoms with E-state index in [1.54, 1.807) is 0 Å². The van der Waals surface area contributed by atoms with Crippen LogP contribution < -0.4 is 11.3 Å². The molecule has 96 valence electrons. The van der Waals surface area contributed by atoms with Gasteiger partial charge in [0.25, 0.3) is 0 Å². The number of hydrogen-bond acceptors (Lipinski definition) is 3. The minimum absolute atomic E-state index is 0.725. The van der Waals surface area contributed by atoms with Gasteiger partial charge in [0, 0.05) is 6.54 Å². The second-order valence-electron chi connectivity index (χ2n) is 5.11. The fourth-order valence-electron chi connectivity index (χ4n) is 1.87. The smallest absolute Gasteiger partial charge is 0.0610 e. The molecule has 0 saturated carbocycles. The Kier molecular flexibility index (Phi) is 6.19. The van der Waals surface area contributed by atoms with E-state index in [0.29, 0.717) is 0 Å². The molecule has 0 saturated heterocycles. The van der Waals surface area contributed by atoms with Crippen LogP contribution in [-0.2, 0) is 12.8 Å². The minimum atomic E-state index is 0.725. The van der Waals surface area contributed by atoms with Crippen LogP contribution in [0.2, 0.25) is 0 Å². The van der Waals surface area contributed by atoms with E-state index in [1.807, 2.05) is 0 Å². The summed E-state index contributed by atoms with van der Waals surface area (Å²) in [6, 6.07) is 8.97. The third-order valence-corrected chi connectivity index (χ3v) is 2.81. The third-order valence-electron chi connectivity index (χ3n) is 2.81. The molecule has 3 nitrogen and oxygen atoms in total. The van der Waals surface area contributed by atoms with E-state index in [0.717, 1.165) is 32.0 Å². The van der Waals surface area contributed by atoms with Crippen LogP contribution >= 0.6 is 0 Å². The molecule has 0 aliphatic rings. The summed E-state index contributed by atoms with van der Waals surface area (Å²) in [4.78, 5) is 2.17. The van der Waals surface area contributed by atoms with Gasteiger partial charge in [-0.05, 0) is 36.9 Å². The van der Waals surface area contributed by atoms with Crippen LogP contribution in [0.25, 0.3) is 0 Å². The van der Waals surface area contributed by atoms with Crippen molar-refractivity contribution in [3.8, 4) is 0 Å². The van der Waals surface area contributed by atoms with Crippen molar-refractivity contribution in [2.75, 3.05) is 20.3 Å². The van der Waals surface area contributed by atoms with Gasteiger partial charge in [-0.15, -0.1) is 0 Å². The van der Waals surface area contributed by atoms with E-state index in [2.05, 4.69) is 55.5 Å². The fraction of sp³-hybridized carbons (Fsp3) is 0.571. The monoisotopic (exact) mass is 235 g/mol. The van der Waals surface area contributed by atoms with Gasteiger partial charge in [0.1, 0.15) is 0 Å². The fourth-order valence-corrected chi connectivity index (χ4v) is 1.87. The molecule has 0 aliphatic carbocycles. The molecule has 0 fully saturated rings. The van der Waals surface area contributed by atoms with E-state index in [4.69, 9.17) is 5.84 Å². The standard InChI is InChI=1S/C14H25N3/c1-12(2)10-14-6-4-13(5-7-14)8-9-17(3)11-16-15/h4-7,12,16H,8-11,15H2,1-3H3. The van der Waals surface area contributed by atoms with Gasteiger partial charge in [-0.3, -0.25) is 10.7 Å². The Morgan fingerprint density at radius 2 is 1.76 bits per heavy atom. The van der Waals surface area contributed by atoms with E-state index in [9.17, 15) is 0 Å². The van der Waals surface area contributed by atoms with E-state index < -0.39 is 0 Å². The Balaban J connectivity index is 2.40. The van der Waals surface area contributed by atoms with Gasteiger partial charge in [0.2, 0.25) is 0 Å². The van der Waals surface area contributed by atoms with Crippen LogP contribution in [0, 0.1) is 5.92 Å². The predicted octanol–water partition coefficient (Wildman–Crippen LogP) is 1.78. The van der Waals surface area contributed by atoms with Gasteiger partial charge in [-0.25, -0.2) is 5.43 Å². The number of benzene rings is 1. The maximum atomic E-state index is 5.27. The van der Waals surface area contributed by atoms with Gasteiger partial charge >= 0.3 is 0 Å². The van der Waals surface area contributed by atoms with Crippen molar-refractivity contribution in [3.63, 3.8) is 0 Å². The van der Waals surface area contributed by atoms with Crippen molar-refractivity contribution in [2.45, 2.75) is 26.7 Å². The summed E-state index contributed by atoms with van der Waals surface area (Å²) >= 11 is 0. The Morgan fingerprint density at radius 1 is 1.18 bits per heavy atom. The molecule has 3 N–H and O–H groups in total. The van der Waals surface area contributed by atoms with Gasteiger partial charge in [0.15, 0.2) is 0 Å². The van der Waals surface area contributed by atoms with Crippen LogP contribution in [0.4, 0.5) is 0 Å². The summed E-state index contributed by atoms with van der Waals surface area (Å²) in [6.45, 7) is 6.25. The van der Waals surface area contributed by atoms with Gasteiger partial charge in [-0.2, -0.15) is 0 Å². The van der Waals surface area contributed by atoms with Crippen LogP contribution in [0.15, 0.2) is 24.3 Å². The van der Waals surface area contributed by atoms with Crippen molar-refractivity contribution < 1.29 is 0 Å². The van der Waals surface area contributed by atoms with Crippen LogP contribution in [0.5, 0.6) is 0 Å². The molecule has 3 heteroatoms. The van der Waals surface area contributed by atoms with Crippen molar-refractivity contribution in [2.24, 2.45) is 11.8 Å². The van der Waals surface area contributed by atoms with Gasteiger partial charge < -0.3 is 0 Å². The number of rotatable bonds is 7. The van der Waals surface area contributed by atoms with Gasteiger partial charge in [-0.1, -0.05) is 38.1 Å². The summed E-state index contributed by atoms with van der Waals surface area (Å²) in [5, 5.41) is 0. The number of likely N-dealkylation sites (N-methyl/N-ethyl adjacent to an activating group) is 1. The van der Waals surface area contributed by atoms with Crippen LogP contribution in [0.3, 0.4) is 0 Å². The molecule has 1 aromatic rings. The number of hydrogen-bond donors (Lipinski definition) is 2. The zero-order chi connectivity index (χ0) is 12.7. The molecule has 0 aliphatic heterocycles. The molecule has 1 rings (SSSR count). The molecular weight excluding hydrogens is 210 g/mol. The molecule has 1 aromatic carbocycles. The lowest BCUT2D eigenvalue weighted by atomic mass is 10.0. The summed E-state index contributed by atoms with van der Waals surface area (Å²) in [7, 11) is 2.06. The molecule has 0 bridgehead atoms. The molecule has 17 heavy (non-hydrogen) atoms. The first-order chi connectivity index (χ1) is 8.11. The summed E-state index contributed by atoms with van der Waals surface area (Å²) in [6.07, 6.45) is 2.23. The highest BCUT2D eigenvalue weighted by Gasteiger charge is 2.00. The third kappa shape index (κ3) is 5.82. The Bertz CT molecular complexity index is 306. The Hall–Kier alpha value is -0.900. The SMILES string of the molecule is CC(C)Cc1ccc(CCN(C)CNN)cc1. The Labute approximate surface area is 105 Å².